The topological polar surface area (TPSA) is 64.8 Å². The van der Waals surface area contributed by atoms with Gasteiger partial charge in [0.1, 0.15) is 17.3 Å². The Morgan fingerprint density at radius 2 is 2.03 bits per heavy atom. The van der Waals surface area contributed by atoms with E-state index in [0.29, 0.717) is 36.2 Å². The summed E-state index contributed by atoms with van der Waals surface area (Å²) >= 11 is 6.10. The summed E-state index contributed by atoms with van der Waals surface area (Å²) in [4.78, 5) is 19.0. The highest BCUT2D eigenvalue weighted by Gasteiger charge is 2.28. The molecule has 1 saturated heterocycles. The Hall–Kier alpha value is -2.99. The minimum atomic E-state index is -0.0605. The van der Waals surface area contributed by atoms with Gasteiger partial charge in [0.2, 0.25) is 0 Å². The molecule has 7 heteroatoms. The largest absolute Gasteiger partial charge is 0.497 e. The van der Waals surface area contributed by atoms with Gasteiger partial charge in [0.25, 0.3) is 5.91 Å². The highest BCUT2D eigenvalue weighted by atomic mass is 35.5. The van der Waals surface area contributed by atoms with E-state index in [-0.39, 0.29) is 18.4 Å². The van der Waals surface area contributed by atoms with Crippen LogP contribution >= 0.6 is 11.6 Å². The van der Waals surface area contributed by atoms with Gasteiger partial charge >= 0.3 is 0 Å². The van der Waals surface area contributed by atoms with Gasteiger partial charge in [0.05, 0.1) is 24.2 Å². The number of piperidine rings is 1. The van der Waals surface area contributed by atoms with Crippen molar-refractivity contribution in [1.29, 1.82) is 0 Å². The number of carbonyl (C=O) groups is 1. The normalized spacial score (nSPS) is 16.2. The van der Waals surface area contributed by atoms with Crippen LogP contribution in [0.2, 0.25) is 5.02 Å². The molecule has 0 saturated carbocycles. The number of benzene rings is 2. The zero-order chi connectivity index (χ0) is 21.6. The third kappa shape index (κ3) is 5.39. The number of oxazole rings is 1. The van der Waals surface area contributed by atoms with Crippen LogP contribution in [0.5, 0.6) is 11.5 Å². The van der Waals surface area contributed by atoms with Crippen molar-refractivity contribution in [3.63, 3.8) is 0 Å². The second-order valence-electron chi connectivity index (χ2n) is 7.59. The number of likely N-dealkylation sites (tertiary alicyclic amines) is 1. The summed E-state index contributed by atoms with van der Waals surface area (Å²) in [6, 6.07) is 15.0. The lowest BCUT2D eigenvalue weighted by Gasteiger charge is -2.31. The van der Waals surface area contributed by atoms with Gasteiger partial charge in [-0.1, -0.05) is 35.9 Å². The number of para-hydroxylation sites is 1. The predicted octanol–water partition coefficient (Wildman–Crippen LogP) is 4.71. The van der Waals surface area contributed by atoms with Gasteiger partial charge in [-0.25, -0.2) is 4.98 Å². The van der Waals surface area contributed by atoms with Gasteiger partial charge in [-0.2, -0.15) is 0 Å². The Morgan fingerprint density at radius 1 is 1.23 bits per heavy atom. The molecule has 1 fully saturated rings. The van der Waals surface area contributed by atoms with E-state index in [2.05, 4.69) is 4.98 Å². The fourth-order valence-electron chi connectivity index (χ4n) is 3.74. The molecule has 1 aliphatic rings. The molecule has 0 N–H and O–H groups in total. The predicted molar refractivity (Wildman–Crippen MR) is 118 cm³/mol. The quantitative estimate of drug-likeness (QED) is 0.532. The lowest BCUT2D eigenvalue weighted by molar-refractivity contribution is -0.134. The zero-order valence-electron chi connectivity index (χ0n) is 17.4. The SMILES string of the molecule is COc1ccc(Cc2cnc([C@H]3CCCN(C(=O)COc4ccccc4Cl)C3)o2)cc1. The lowest BCUT2D eigenvalue weighted by Crippen LogP contribution is -2.41. The number of hydrogen-bond acceptors (Lipinski definition) is 5. The number of aromatic nitrogens is 1. The number of hydrogen-bond donors (Lipinski definition) is 0. The molecule has 2 heterocycles. The van der Waals surface area contributed by atoms with Crippen LogP contribution in [0.3, 0.4) is 0 Å². The van der Waals surface area contributed by atoms with Crippen LogP contribution in [0, 0.1) is 0 Å². The van der Waals surface area contributed by atoms with Gasteiger partial charge in [-0.15, -0.1) is 0 Å². The number of amides is 1. The van der Waals surface area contributed by atoms with Crippen LogP contribution in [0.4, 0.5) is 0 Å². The van der Waals surface area contributed by atoms with E-state index in [4.69, 9.17) is 25.5 Å². The number of halogens is 1. The molecule has 0 aliphatic carbocycles. The molecular weight excluding hydrogens is 416 g/mol. The highest BCUT2D eigenvalue weighted by molar-refractivity contribution is 6.32. The minimum Gasteiger partial charge on any atom is -0.497 e. The van der Waals surface area contributed by atoms with E-state index >= 15 is 0 Å². The first-order valence-corrected chi connectivity index (χ1v) is 10.7. The van der Waals surface area contributed by atoms with Crippen molar-refractivity contribution in [3.05, 3.63) is 77.0 Å². The molecule has 0 unspecified atom stereocenters. The fourth-order valence-corrected chi connectivity index (χ4v) is 3.93. The average Bonchev–Trinajstić information content (AvgIpc) is 3.27. The van der Waals surface area contributed by atoms with Gasteiger partial charge in [0.15, 0.2) is 12.5 Å². The molecule has 1 aliphatic heterocycles. The van der Waals surface area contributed by atoms with Gasteiger partial charge in [-0.3, -0.25) is 4.79 Å². The smallest absolute Gasteiger partial charge is 0.260 e. The van der Waals surface area contributed by atoms with E-state index in [1.165, 1.54) is 0 Å². The molecular formula is C24H25ClN2O4. The van der Waals surface area contributed by atoms with Gasteiger partial charge in [-0.05, 0) is 42.7 Å². The van der Waals surface area contributed by atoms with Crippen molar-refractivity contribution in [2.24, 2.45) is 0 Å². The molecule has 1 atom stereocenters. The lowest BCUT2D eigenvalue weighted by atomic mass is 9.98. The molecule has 1 aromatic heterocycles. The van der Waals surface area contributed by atoms with Crippen LogP contribution in [0.25, 0.3) is 0 Å². The third-order valence-corrected chi connectivity index (χ3v) is 5.73. The fraction of sp³-hybridized carbons (Fsp3) is 0.333. The Balaban J connectivity index is 1.34. The van der Waals surface area contributed by atoms with Crippen molar-refractivity contribution in [2.45, 2.75) is 25.2 Å². The van der Waals surface area contributed by atoms with Crippen molar-refractivity contribution in [1.82, 2.24) is 9.88 Å². The van der Waals surface area contributed by atoms with Crippen LogP contribution < -0.4 is 9.47 Å². The maximum atomic E-state index is 12.7. The van der Waals surface area contributed by atoms with E-state index < -0.39 is 0 Å². The van der Waals surface area contributed by atoms with Crippen molar-refractivity contribution < 1.29 is 18.7 Å². The molecule has 4 rings (SSSR count). The number of carbonyl (C=O) groups excluding carboxylic acids is 1. The molecule has 2 aromatic carbocycles. The summed E-state index contributed by atoms with van der Waals surface area (Å²) in [5.41, 5.74) is 1.13. The monoisotopic (exact) mass is 440 g/mol. The molecule has 1 amide bonds. The van der Waals surface area contributed by atoms with Gasteiger partial charge < -0.3 is 18.8 Å². The maximum absolute atomic E-state index is 12.7. The standard InChI is InChI=1S/C24H25ClN2O4/c1-29-19-10-8-17(9-11-19)13-20-14-26-24(31-20)18-5-4-12-27(15-18)23(28)16-30-22-7-3-2-6-21(22)25/h2-3,6-11,14,18H,4-5,12-13,15-16H2,1H3/t18-/m0/s1. The first kappa shape index (κ1) is 21.2. The van der Waals surface area contributed by atoms with E-state index in [1.807, 2.05) is 41.3 Å². The van der Waals surface area contributed by atoms with Crippen LogP contribution in [-0.2, 0) is 11.2 Å². The molecule has 0 spiro atoms. The van der Waals surface area contributed by atoms with Gasteiger partial charge in [0, 0.05) is 19.5 Å². The molecule has 0 bridgehead atoms. The summed E-state index contributed by atoms with van der Waals surface area (Å²) in [5.74, 6) is 2.87. The average molecular weight is 441 g/mol. The molecule has 6 nitrogen and oxygen atoms in total. The Kier molecular flexibility index (Phi) is 6.77. The highest BCUT2D eigenvalue weighted by Crippen LogP contribution is 2.28. The molecule has 0 radical (unpaired) electrons. The van der Waals surface area contributed by atoms with E-state index in [0.717, 1.165) is 29.9 Å². The molecule has 31 heavy (non-hydrogen) atoms. The zero-order valence-corrected chi connectivity index (χ0v) is 18.2. The van der Waals surface area contributed by atoms with Crippen molar-refractivity contribution in [3.8, 4) is 11.5 Å². The van der Waals surface area contributed by atoms with E-state index in [1.54, 1.807) is 25.4 Å². The number of methoxy groups -OCH3 is 1. The third-order valence-electron chi connectivity index (χ3n) is 5.42. The van der Waals surface area contributed by atoms with E-state index in [9.17, 15) is 4.79 Å². The van der Waals surface area contributed by atoms with Crippen molar-refractivity contribution in [2.75, 3.05) is 26.8 Å². The van der Waals surface area contributed by atoms with Crippen LogP contribution in [0.1, 0.15) is 36.0 Å². The summed E-state index contributed by atoms with van der Waals surface area (Å²) in [6.07, 6.45) is 4.29. The second-order valence-corrected chi connectivity index (χ2v) is 7.99. The molecule has 3 aromatic rings. The number of rotatable bonds is 7. The number of nitrogens with zero attached hydrogens (tertiary/aromatic N) is 2. The Morgan fingerprint density at radius 3 is 2.81 bits per heavy atom. The summed E-state index contributed by atoms with van der Waals surface area (Å²) in [5, 5.41) is 0.496. The first-order chi connectivity index (χ1) is 15.1. The Labute approximate surface area is 186 Å². The minimum absolute atomic E-state index is 0.0369. The van der Waals surface area contributed by atoms with Crippen LogP contribution in [-0.4, -0.2) is 42.6 Å². The first-order valence-electron chi connectivity index (χ1n) is 10.3. The van der Waals surface area contributed by atoms with Crippen molar-refractivity contribution >= 4 is 17.5 Å². The molecule has 162 valence electrons. The van der Waals surface area contributed by atoms with Crippen LogP contribution in [0.15, 0.2) is 59.1 Å². The Bertz CT molecular complexity index is 1020. The summed E-state index contributed by atoms with van der Waals surface area (Å²) in [7, 11) is 1.65. The second kappa shape index (κ2) is 9.88. The summed E-state index contributed by atoms with van der Waals surface area (Å²) < 4.78 is 16.8. The number of ether oxygens (including phenoxy) is 2. The summed E-state index contributed by atoms with van der Waals surface area (Å²) in [6.45, 7) is 1.25. The maximum Gasteiger partial charge on any atom is 0.260 e.